The summed E-state index contributed by atoms with van der Waals surface area (Å²) >= 11 is 28.1. The summed E-state index contributed by atoms with van der Waals surface area (Å²) in [6.07, 6.45) is 15.2. The molecule has 64 heavy (non-hydrogen) atoms. The van der Waals surface area contributed by atoms with E-state index < -0.39 is 11.6 Å². The minimum Gasteiger partial charge on any atom is -0.497 e. The number of carbonyl (C=O) groups excluding carboxylic acids is 1. The summed E-state index contributed by atoms with van der Waals surface area (Å²) in [4.78, 5) is 14.6. The van der Waals surface area contributed by atoms with Crippen molar-refractivity contribution in [2.75, 3.05) is 24.9 Å². The van der Waals surface area contributed by atoms with E-state index in [0.717, 1.165) is 107 Å². The Morgan fingerprint density at radius 2 is 0.984 bits per heavy atom. The number of cyclic esters (lactones) is 1. The molecule has 0 saturated heterocycles. The van der Waals surface area contributed by atoms with E-state index in [0.29, 0.717) is 17.1 Å². The number of methoxy groups -OCH3 is 2. The molecule has 8 rings (SSSR count). The van der Waals surface area contributed by atoms with Gasteiger partial charge in [0, 0.05) is 39.1 Å². The molecule has 2 fully saturated rings. The molecule has 0 radical (unpaired) electrons. The van der Waals surface area contributed by atoms with Gasteiger partial charge < -0.3 is 24.8 Å². The molecule has 10 heteroatoms. The number of rotatable bonds is 12. The topological polar surface area (TPSA) is 68.8 Å². The molecular formula is C54H56Cl4N2O4. The Morgan fingerprint density at radius 3 is 1.39 bits per heavy atom. The average molecular weight is 939 g/mol. The number of carbonyl (C=O) groups is 1. The van der Waals surface area contributed by atoms with Gasteiger partial charge in [0.2, 0.25) is 0 Å². The van der Waals surface area contributed by atoms with E-state index in [9.17, 15) is 4.79 Å². The Labute approximate surface area is 398 Å². The van der Waals surface area contributed by atoms with E-state index >= 15 is 0 Å². The maximum absolute atomic E-state index is 14.6. The van der Waals surface area contributed by atoms with E-state index in [2.05, 4.69) is 74.7 Å². The van der Waals surface area contributed by atoms with Gasteiger partial charge in [-0.25, -0.2) is 4.79 Å². The lowest BCUT2D eigenvalue weighted by atomic mass is 9.80. The van der Waals surface area contributed by atoms with E-state index in [1.165, 1.54) is 12.8 Å². The minimum atomic E-state index is -1.69. The first-order valence-electron chi connectivity index (χ1n) is 22.3. The van der Waals surface area contributed by atoms with Crippen molar-refractivity contribution in [1.82, 2.24) is 0 Å². The van der Waals surface area contributed by atoms with Gasteiger partial charge in [-0.2, -0.15) is 0 Å². The highest BCUT2D eigenvalue weighted by Crippen LogP contribution is 2.54. The van der Waals surface area contributed by atoms with Crippen LogP contribution < -0.4 is 20.1 Å². The molecule has 2 N–H and O–H groups in total. The molecule has 2 aliphatic carbocycles. The summed E-state index contributed by atoms with van der Waals surface area (Å²) in [6, 6.07) is 28.7. The zero-order valence-electron chi connectivity index (χ0n) is 37.5. The number of benzene rings is 5. The summed E-state index contributed by atoms with van der Waals surface area (Å²) in [6.45, 7) is 8.82. The molecule has 0 atom stereocenters. The van der Waals surface area contributed by atoms with Crippen molar-refractivity contribution < 1.29 is 19.0 Å². The Balaban J connectivity index is 1.48. The smallest absolute Gasteiger partial charge is 0.341 e. The normalized spacial score (nSPS) is 19.4. The van der Waals surface area contributed by atoms with Crippen molar-refractivity contribution in [3.63, 3.8) is 0 Å². The van der Waals surface area contributed by atoms with Crippen LogP contribution in [0.4, 0.5) is 11.4 Å². The lowest BCUT2D eigenvalue weighted by Gasteiger charge is -2.37. The first kappa shape index (κ1) is 46.0. The van der Waals surface area contributed by atoms with Crippen molar-refractivity contribution in [3.8, 4) is 11.5 Å². The number of ether oxygens (including phenoxy) is 3. The minimum absolute atomic E-state index is 0.0185. The van der Waals surface area contributed by atoms with E-state index in [4.69, 9.17) is 60.6 Å². The summed E-state index contributed by atoms with van der Waals surface area (Å²) in [7, 11) is 3.30. The van der Waals surface area contributed by atoms with Crippen molar-refractivity contribution in [2.24, 2.45) is 0 Å². The largest absolute Gasteiger partial charge is 0.497 e. The van der Waals surface area contributed by atoms with Gasteiger partial charge in [-0.05, 0) is 135 Å². The molecule has 1 heterocycles. The number of aryl methyl sites for hydroxylation is 2. The van der Waals surface area contributed by atoms with Crippen molar-refractivity contribution >= 4 is 74.9 Å². The second-order valence-electron chi connectivity index (χ2n) is 18.4. The molecule has 6 nitrogen and oxygen atoms in total. The zero-order valence-corrected chi connectivity index (χ0v) is 40.5. The SMILES string of the molecule is COc1ccc(C(=CC2(C=C(c3ccc(OC)cc3)c3ccc(C)cc3NC3(C)CCCCC3)OC(=O)c3c(Cl)c(Cl)c(Cl)c(Cl)c32)c2ccc(C)cc2NC2(C)CCCCC2)cc1. The molecule has 0 bridgehead atoms. The second-order valence-corrected chi connectivity index (χ2v) is 19.9. The van der Waals surface area contributed by atoms with Crippen LogP contribution in [0.3, 0.4) is 0 Å². The van der Waals surface area contributed by atoms with Gasteiger partial charge >= 0.3 is 5.97 Å². The number of fused-ring (bicyclic) bond motifs is 1. The van der Waals surface area contributed by atoms with Crippen molar-refractivity contribution in [3.05, 3.63) is 162 Å². The quantitative estimate of drug-likeness (QED) is 0.0738. The molecule has 0 amide bonds. The number of hydrogen-bond donors (Lipinski definition) is 2. The van der Waals surface area contributed by atoms with E-state index in [1.807, 2.05) is 60.7 Å². The van der Waals surface area contributed by atoms with Crippen LogP contribution in [-0.2, 0) is 10.3 Å². The van der Waals surface area contributed by atoms with Gasteiger partial charge in [-0.3, -0.25) is 0 Å². The molecular weight excluding hydrogens is 882 g/mol. The molecule has 334 valence electrons. The van der Waals surface area contributed by atoms with E-state index in [-0.39, 0.29) is 36.7 Å². The first-order valence-corrected chi connectivity index (χ1v) is 23.8. The van der Waals surface area contributed by atoms with Gasteiger partial charge in [0.1, 0.15) is 11.5 Å². The Bertz CT molecular complexity index is 2490. The molecule has 5 aromatic carbocycles. The fourth-order valence-corrected chi connectivity index (χ4v) is 10.9. The van der Waals surface area contributed by atoms with Gasteiger partial charge in [-0.15, -0.1) is 0 Å². The lowest BCUT2D eigenvalue weighted by Crippen LogP contribution is -2.37. The number of anilines is 2. The molecule has 2 saturated carbocycles. The number of nitrogens with one attached hydrogen (secondary N) is 2. The lowest BCUT2D eigenvalue weighted by molar-refractivity contribution is 0.0300. The van der Waals surface area contributed by atoms with Crippen LogP contribution in [0.1, 0.15) is 127 Å². The number of esters is 1. The molecule has 0 aromatic heterocycles. The highest BCUT2D eigenvalue weighted by Gasteiger charge is 2.49. The zero-order chi connectivity index (χ0) is 45.4. The highest BCUT2D eigenvalue weighted by atomic mass is 35.5. The number of halogens is 4. The Hall–Kier alpha value is -4.59. The van der Waals surface area contributed by atoms with Crippen molar-refractivity contribution in [1.29, 1.82) is 0 Å². The Kier molecular flexibility index (Phi) is 13.4. The Morgan fingerprint density at radius 1 is 0.578 bits per heavy atom. The van der Waals surface area contributed by atoms with Crippen LogP contribution in [0.2, 0.25) is 20.1 Å². The molecule has 3 aliphatic rings. The predicted molar refractivity (Wildman–Crippen MR) is 266 cm³/mol. The maximum atomic E-state index is 14.6. The number of hydrogen-bond acceptors (Lipinski definition) is 6. The monoisotopic (exact) mass is 936 g/mol. The summed E-state index contributed by atoms with van der Waals surface area (Å²) in [5.41, 5.74) is 7.68. The van der Waals surface area contributed by atoms with Crippen LogP contribution in [-0.4, -0.2) is 31.3 Å². The third-order valence-corrected chi connectivity index (χ3v) is 15.2. The van der Waals surface area contributed by atoms with Gasteiger partial charge in [-0.1, -0.05) is 133 Å². The van der Waals surface area contributed by atoms with Gasteiger partial charge in [0.15, 0.2) is 5.60 Å². The molecule has 0 spiro atoms. The van der Waals surface area contributed by atoms with Crippen LogP contribution >= 0.6 is 46.4 Å². The average Bonchev–Trinajstić information content (AvgIpc) is 3.57. The predicted octanol–water partition coefficient (Wildman–Crippen LogP) is 15.8. The van der Waals surface area contributed by atoms with Gasteiger partial charge in [0.25, 0.3) is 0 Å². The van der Waals surface area contributed by atoms with Crippen LogP contribution in [0.25, 0.3) is 11.1 Å². The van der Waals surface area contributed by atoms with Crippen molar-refractivity contribution in [2.45, 2.75) is 109 Å². The molecule has 0 unspecified atom stereocenters. The summed E-state index contributed by atoms with van der Waals surface area (Å²) < 4.78 is 18.1. The highest BCUT2D eigenvalue weighted by molar-refractivity contribution is 6.53. The summed E-state index contributed by atoms with van der Waals surface area (Å²) in [5, 5.41) is 8.07. The van der Waals surface area contributed by atoms with Crippen LogP contribution in [0.5, 0.6) is 11.5 Å². The van der Waals surface area contributed by atoms with Crippen LogP contribution in [0.15, 0.2) is 97.1 Å². The van der Waals surface area contributed by atoms with Gasteiger partial charge in [0.05, 0.1) is 39.9 Å². The fourth-order valence-electron chi connectivity index (χ4n) is 9.85. The molecule has 1 aliphatic heterocycles. The van der Waals surface area contributed by atoms with E-state index in [1.54, 1.807) is 14.2 Å². The third kappa shape index (κ3) is 9.27. The molecule has 5 aromatic rings. The summed E-state index contributed by atoms with van der Waals surface area (Å²) in [5.74, 6) is 0.734. The fraction of sp³-hybridized carbons (Fsp3) is 0.352. The maximum Gasteiger partial charge on any atom is 0.341 e. The standard InChI is InChI=1S/C54H56Cl4N2O4/c1-33-13-23-39(43(29-33)59-52(3)25-9-7-10-26-52)41(35-15-19-37(62-5)20-16-35)31-54(46-45(51(61)64-54)47(55)49(57)50(58)48(46)56)32-42(36-17-21-38(63-6)22-18-36)40-24-14-34(2)30-44(40)60-53(4)27-11-8-12-28-53/h13-24,29-32,59-60H,7-12,25-28H2,1-6H3. The van der Waals surface area contributed by atoms with Crippen LogP contribution in [0, 0.1) is 13.8 Å². The third-order valence-electron chi connectivity index (χ3n) is 13.4. The first-order chi connectivity index (χ1) is 30.6. The second kappa shape index (κ2) is 18.7.